The Bertz CT molecular complexity index is 672. The van der Waals surface area contributed by atoms with Gasteiger partial charge in [0.15, 0.2) is 0 Å². The van der Waals surface area contributed by atoms with Crippen LogP contribution in [-0.4, -0.2) is 15.0 Å². The van der Waals surface area contributed by atoms with E-state index in [0.717, 1.165) is 17.8 Å². The summed E-state index contributed by atoms with van der Waals surface area (Å²) in [5.41, 5.74) is 3.35. The zero-order valence-electron chi connectivity index (χ0n) is 10.1. The normalized spacial score (nSPS) is 10.7. The van der Waals surface area contributed by atoms with Crippen LogP contribution in [0.5, 0.6) is 0 Å². The van der Waals surface area contributed by atoms with Crippen LogP contribution >= 0.6 is 0 Å². The van der Waals surface area contributed by atoms with Gasteiger partial charge in [0.1, 0.15) is 0 Å². The lowest BCUT2D eigenvalue weighted by atomic mass is 10.1. The third-order valence-corrected chi connectivity index (χ3v) is 2.92. The highest BCUT2D eigenvalue weighted by atomic mass is 15.1. The molecule has 0 saturated carbocycles. The molecule has 0 atom stereocenters. The summed E-state index contributed by atoms with van der Waals surface area (Å²) in [7, 11) is 0. The van der Waals surface area contributed by atoms with E-state index in [1.807, 2.05) is 25.3 Å². The maximum atomic E-state index is 4.33. The first-order chi connectivity index (χ1) is 8.83. The summed E-state index contributed by atoms with van der Waals surface area (Å²) in [6, 6.07) is 10.2. The lowest BCUT2D eigenvalue weighted by molar-refractivity contribution is 1.03. The largest absolute Gasteiger partial charge is 0.361 e. The van der Waals surface area contributed by atoms with Crippen LogP contribution in [0.4, 0.5) is 5.95 Å². The number of hydrogen-bond acceptors (Lipinski definition) is 3. The van der Waals surface area contributed by atoms with Crippen molar-refractivity contribution in [2.24, 2.45) is 0 Å². The van der Waals surface area contributed by atoms with Gasteiger partial charge in [0.05, 0.1) is 0 Å². The molecule has 0 bridgehead atoms. The molecule has 3 rings (SSSR count). The molecule has 0 aliphatic carbocycles. The highest BCUT2D eigenvalue weighted by Gasteiger charge is 2.02. The molecule has 0 amide bonds. The number of aromatic nitrogens is 3. The van der Waals surface area contributed by atoms with Crippen LogP contribution in [0, 0.1) is 6.92 Å². The van der Waals surface area contributed by atoms with Gasteiger partial charge in [0.25, 0.3) is 0 Å². The second-order valence-corrected chi connectivity index (χ2v) is 4.23. The van der Waals surface area contributed by atoms with Gasteiger partial charge in [0, 0.05) is 35.5 Å². The molecule has 2 N–H and O–H groups in total. The predicted octanol–water partition coefficient (Wildman–Crippen LogP) is 2.88. The molecule has 0 spiro atoms. The van der Waals surface area contributed by atoms with Gasteiger partial charge < -0.3 is 10.3 Å². The first-order valence-electron chi connectivity index (χ1n) is 5.91. The van der Waals surface area contributed by atoms with Gasteiger partial charge in [-0.3, -0.25) is 0 Å². The van der Waals surface area contributed by atoms with Crippen molar-refractivity contribution >= 4 is 16.9 Å². The van der Waals surface area contributed by atoms with Crippen LogP contribution in [0.25, 0.3) is 10.9 Å². The van der Waals surface area contributed by atoms with E-state index in [4.69, 9.17) is 0 Å². The SMILES string of the molecule is Cc1ccnc(NCc2cccc3[nH]ccc23)n1. The molecule has 0 radical (unpaired) electrons. The van der Waals surface area contributed by atoms with Gasteiger partial charge in [-0.25, -0.2) is 9.97 Å². The number of aromatic amines is 1. The molecule has 4 heteroatoms. The number of rotatable bonds is 3. The van der Waals surface area contributed by atoms with E-state index in [1.165, 1.54) is 10.9 Å². The average molecular weight is 238 g/mol. The minimum Gasteiger partial charge on any atom is -0.361 e. The van der Waals surface area contributed by atoms with E-state index >= 15 is 0 Å². The van der Waals surface area contributed by atoms with Gasteiger partial charge in [-0.1, -0.05) is 12.1 Å². The molecule has 3 aromatic rings. The molecule has 0 aliphatic rings. The van der Waals surface area contributed by atoms with Crippen LogP contribution in [-0.2, 0) is 6.54 Å². The lowest BCUT2D eigenvalue weighted by Gasteiger charge is -2.06. The van der Waals surface area contributed by atoms with E-state index < -0.39 is 0 Å². The molecule has 4 nitrogen and oxygen atoms in total. The minimum atomic E-state index is 0.669. The first-order valence-corrected chi connectivity index (χ1v) is 5.91. The Hall–Kier alpha value is -2.36. The van der Waals surface area contributed by atoms with Crippen molar-refractivity contribution in [3.63, 3.8) is 0 Å². The van der Waals surface area contributed by atoms with Crippen molar-refractivity contribution < 1.29 is 0 Å². The summed E-state index contributed by atoms with van der Waals surface area (Å²) >= 11 is 0. The number of aryl methyl sites for hydroxylation is 1. The molecule has 0 fully saturated rings. The van der Waals surface area contributed by atoms with Crippen LogP contribution < -0.4 is 5.32 Å². The second-order valence-electron chi connectivity index (χ2n) is 4.23. The van der Waals surface area contributed by atoms with Gasteiger partial charge in [-0.05, 0) is 30.7 Å². The molecule has 0 saturated heterocycles. The maximum absolute atomic E-state index is 4.33. The van der Waals surface area contributed by atoms with Crippen molar-refractivity contribution in [3.05, 3.63) is 54.0 Å². The number of nitrogens with zero attached hydrogens (tertiary/aromatic N) is 2. The molecule has 2 aromatic heterocycles. The summed E-state index contributed by atoms with van der Waals surface area (Å²) in [6.45, 7) is 2.68. The Balaban J connectivity index is 1.83. The standard InChI is InChI=1S/C14H14N4/c1-10-5-7-16-14(18-10)17-9-11-3-2-4-13-12(11)6-8-15-13/h2-8,15H,9H2,1H3,(H,16,17,18). The zero-order valence-corrected chi connectivity index (χ0v) is 10.1. The number of benzene rings is 1. The fraction of sp³-hybridized carbons (Fsp3) is 0.143. The molecular weight excluding hydrogens is 224 g/mol. The van der Waals surface area contributed by atoms with Gasteiger partial charge in [-0.2, -0.15) is 0 Å². The van der Waals surface area contributed by atoms with E-state index in [2.05, 4.69) is 38.5 Å². The number of hydrogen-bond donors (Lipinski definition) is 2. The summed E-state index contributed by atoms with van der Waals surface area (Å²) in [5.74, 6) is 0.669. The third kappa shape index (κ3) is 2.05. The highest BCUT2D eigenvalue weighted by Crippen LogP contribution is 2.18. The number of anilines is 1. The molecule has 0 unspecified atom stereocenters. The first kappa shape index (κ1) is 10.8. The zero-order chi connectivity index (χ0) is 12.4. The van der Waals surface area contributed by atoms with Gasteiger partial charge >= 0.3 is 0 Å². The summed E-state index contributed by atoms with van der Waals surface area (Å²) in [6.07, 6.45) is 3.72. The maximum Gasteiger partial charge on any atom is 0.223 e. The average Bonchev–Trinajstić information content (AvgIpc) is 2.85. The van der Waals surface area contributed by atoms with E-state index in [0.29, 0.717) is 5.95 Å². The van der Waals surface area contributed by atoms with Crippen molar-refractivity contribution in [1.82, 2.24) is 15.0 Å². The molecule has 0 aliphatic heterocycles. The highest BCUT2D eigenvalue weighted by molar-refractivity contribution is 5.83. The Morgan fingerprint density at radius 2 is 2.17 bits per heavy atom. The number of nitrogens with one attached hydrogen (secondary N) is 2. The number of fused-ring (bicyclic) bond motifs is 1. The Morgan fingerprint density at radius 3 is 3.06 bits per heavy atom. The van der Waals surface area contributed by atoms with Crippen molar-refractivity contribution in [1.29, 1.82) is 0 Å². The van der Waals surface area contributed by atoms with Crippen LogP contribution in [0.1, 0.15) is 11.3 Å². The quantitative estimate of drug-likeness (QED) is 0.737. The monoisotopic (exact) mass is 238 g/mol. The van der Waals surface area contributed by atoms with Crippen LogP contribution in [0.15, 0.2) is 42.7 Å². The van der Waals surface area contributed by atoms with Crippen molar-refractivity contribution in [2.75, 3.05) is 5.32 Å². The molecule has 18 heavy (non-hydrogen) atoms. The minimum absolute atomic E-state index is 0.669. The second kappa shape index (κ2) is 4.49. The fourth-order valence-electron chi connectivity index (χ4n) is 2.01. The van der Waals surface area contributed by atoms with Crippen LogP contribution in [0.2, 0.25) is 0 Å². The van der Waals surface area contributed by atoms with E-state index in [9.17, 15) is 0 Å². The molecule has 90 valence electrons. The lowest BCUT2D eigenvalue weighted by Crippen LogP contribution is -2.04. The fourth-order valence-corrected chi connectivity index (χ4v) is 2.01. The molecule has 2 heterocycles. The molecule has 1 aromatic carbocycles. The third-order valence-electron chi connectivity index (χ3n) is 2.92. The molecular formula is C14H14N4. The Labute approximate surface area is 105 Å². The number of H-pyrrole nitrogens is 1. The van der Waals surface area contributed by atoms with Gasteiger partial charge in [-0.15, -0.1) is 0 Å². The Kier molecular flexibility index (Phi) is 2.68. The predicted molar refractivity (Wildman–Crippen MR) is 72.4 cm³/mol. The Morgan fingerprint density at radius 1 is 1.22 bits per heavy atom. The van der Waals surface area contributed by atoms with E-state index in [1.54, 1.807) is 6.20 Å². The smallest absolute Gasteiger partial charge is 0.223 e. The topological polar surface area (TPSA) is 53.6 Å². The summed E-state index contributed by atoms with van der Waals surface area (Å²) in [5, 5.41) is 4.48. The van der Waals surface area contributed by atoms with Gasteiger partial charge in [0.2, 0.25) is 5.95 Å². The summed E-state index contributed by atoms with van der Waals surface area (Å²) in [4.78, 5) is 11.7. The van der Waals surface area contributed by atoms with Crippen LogP contribution in [0.3, 0.4) is 0 Å². The van der Waals surface area contributed by atoms with Crippen molar-refractivity contribution in [3.8, 4) is 0 Å². The van der Waals surface area contributed by atoms with E-state index in [-0.39, 0.29) is 0 Å². The van der Waals surface area contributed by atoms with Crippen molar-refractivity contribution in [2.45, 2.75) is 13.5 Å². The summed E-state index contributed by atoms with van der Waals surface area (Å²) < 4.78 is 0.